The van der Waals surface area contributed by atoms with Gasteiger partial charge in [0.05, 0.1) is 6.54 Å². The van der Waals surface area contributed by atoms with Gasteiger partial charge in [-0.05, 0) is 66.9 Å². The zero-order valence-corrected chi connectivity index (χ0v) is 18.1. The number of hydrogen-bond donors (Lipinski definition) is 0. The summed E-state index contributed by atoms with van der Waals surface area (Å²) in [6.07, 6.45) is 20.6. The quantitative estimate of drug-likeness (QED) is 0.659. The van der Waals surface area contributed by atoms with E-state index in [9.17, 15) is 4.79 Å². The second-order valence-corrected chi connectivity index (χ2v) is 8.43. The number of benzene rings is 1. The van der Waals surface area contributed by atoms with Crippen molar-refractivity contribution in [1.29, 1.82) is 0 Å². The Kier molecular flexibility index (Phi) is 6.32. The first-order valence-electron chi connectivity index (χ1n) is 11.0. The first kappa shape index (κ1) is 20.4. The fraction of sp³-hybridized carbons (Fsp3) is 0.385. The lowest BCUT2D eigenvalue weighted by atomic mass is 9.91. The Balaban J connectivity index is 1.60. The molecule has 0 radical (unpaired) electrons. The molecule has 1 heterocycles. The Morgan fingerprint density at radius 1 is 1.20 bits per heavy atom. The smallest absolute Gasteiger partial charge is 0.228 e. The van der Waals surface area contributed by atoms with E-state index in [0.29, 0.717) is 13.0 Å². The van der Waals surface area contributed by atoms with Crippen LogP contribution in [0.15, 0.2) is 66.5 Å². The van der Waals surface area contributed by atoms with E-state index >= 15 is 0 Å². The number of rotatable bonds is 6. The second kappa shape index (κ2) is 9.29. The Hall–Kier alpha value is -2.88. The van der Waals surface area contributed by atoms with E-state index in [0.717, 1.165) is 30.8 Å². The second-order valence-electron chi connectivity index (χ2n) is 8.43. The number of nitrogens with zero attached hydrogens (tertiary/aromatic N) is 3. The van der Waals surface area contributed by atoms with Crippen molar-refractivity contribution < 1.29 is 4.79 Å². The topological polar surface area (TPSA) is 38.1 Å². The highest BCUT2D eigenvalue weighted by atomic mass is 16.2. The zero-order valence-electron chi connectivity index (χ0n) is 18.1. The van der Waals surface area contributed by atoms with E-state index < -0.39 is 0 Å². The van der Waals surface area contributed by atoms with Crippen LogP contribution < -0.4 is 4.90 Å². The predicted molar refractivity (Wildman–Crippen MR) is 122 cm³/mol. The lowest BCUT2D eigenvalue weighted by Gasteiger charge is -2.26. The number of fused-ring (bicyclic) bond motifs is 1. The van der Waals surface area contributed by atoms with E-state index in [1.54, 1.807) is 6.20 Å². The van der Waals surface area contributed by atoms with Crippen LogP contribution in [0.4, 0.5) is 5.69 Å². The van der Waals surface area contributed by atoms with Gasteiger partial charge in [0.1, 0.15) is 5.82 Å². The monoisotopic (exact) mass is 401 g/mol. The molecule has 0 fully saturated rings. The van der Waals surface area contributed by atoms with Crippen molar-refractivity contribution in [2.24, 2.45) is 13.0 Å². The van der Waals surface area contributed by atoms with E-state index in [1.165, 1.54) is 29.5 Å². The lowest BCUT2D eigenvalue weighted by molar-refractivity contribution is -0.119. The van der Waals surface area contributed by atoms with Gasteiger partial charge in [-0.3, -0.25) is 4.79 Å². The van der Waals surface area contributed by atoms with Crippen LogP contribution in [0.1, 0.15) is 49.6 Å². The minimum absolute atomic E-state index is 0.142. The van der Waals surface area contributed by atoms with E-state index in [2.05, 4.69) is 60.5 Å². The van der Waals surface area contributed by atoms with Crippen LogP contribution in [-0.4, -0.2) is 15.5 Å². The van der Waals surface area contributed by atoms with Crippen molar-refractivity contribution in [1.82, 2.24) is 9.55 Å². The molecule has 0 saturated heterocycles. The van der Waals surface area contributed by atoms with Crippen molar-refractivity contribution in [2.75, 3.05) is 4.90 Å². The van der Waals surface area contributed by atoms with Gasteiger partial charge in [-0.1, -0.05) is 43.4 Å². The first-order valence-corrected chi connectivity index (χ1v) is 11.0. The highest BCUT2D eigenvalue weighted by Gasteiger charge is 2.23. The third-order valence-electron chi connectivity index (χ3n) is 6.22. The molecule has 4 rings (SSSR count). The summed E-state index contributed by atoms with van der Waals surface area (Å²) in [5.74, 6) is 1.20. The van der Waals surface area contributed by atoms with Gasteiger partial charge in [-0.15, -0.1) is 0 Å². The number of hydrogen-bond acceptors (Lipinski definition) is 2. The molecule has 0 spiro atoms. The summed E-state index contributed by atoms with van der Waals surface area (Å²) in [5.41, 5.74) is 5.02. The molecule has 4 nitrogen and oxygen atoms in total. The molecule has 2 aliphatic rings. The van der Waals surface area contributed by atoms with Crippen molar-refractivity contribution in [3.8, 4) is 0 Å². The van der Waals surface area contributed by atoms with Crippen LogP contribution in [0.5, 0.6) is 0 Å². The Morgan fingerprint density at radius 2 is 2.03 bits per heavy atom. The SMILES string of the molecule is C[C@@H](CC(=O)N(Cc1nccn1C)c1ccc2c(c1)CCCC2)C1=CC=CCC=C1. The maximum atomic E-state index is 13.5. The molecule has 1 aromatic carbocycles. The largest absolute Gasteiger partial charge is 0.337 e. The standard InChI is InChI=1S/C26H31N3O/c1-20(21-9-5-3-4-6-10-21)17-26(30)29(19-25-27-15-16-28(25)2)24-14-13-22-11-7-8-12-23(22)18-24/h3,5-6,9-10,13-16,18,20H,4,7-8,11-12,17,19H2,1-2H3/t20-/m0/s1. The third kappa shape index (κ3) is 4.64. The summed E-state index contributed by atoms with van der Waals surface area (Å²) in [4.78, 5) is 19.9. The molecule has 30 heavy (non-hydrogen) atoms. The molecule has 0 aliphatic heterocycles. The summed E-state index contributed by atoms with van der Waals surface area (Å²) < 4.78 is 1.99. The Morgan fingerprint density at radius 3 is 2.83 bits per heavy atom. The number of carbonyl (C=O) groups is 1. The van der Waals surface area contributed by atoms with Crippen LogP contribution in [0.3, 0.4) is 0 Å². The van der Waals surface area contributed by atoms with Crippen LogP contribution in [0.2, 0.25) is 0 Å². The maximum absolute atomic E-state index is 13.5. The lowest BCUT2D eigenvalue weighted by Crippen LogP contribution is -2.33. The summed E-state index contributed by atoms with van der Waals surface area (Å²) in [6.45, 7) is 2.63. The van der Waals surface area contributed by atoms with Gasteiger partial charge in [0, 0.05) is 31.5 Å². The summed E-state index contributed by atoms with van der Waals surface area (Å²) >= 11 is 0. The number of amides is 1. The predicted octanol–water partition coefficient (Wildman–Crippen LogP) is 5.30. The van der Waals surface area contributed by atoms with Crippen LogP contribution >= 0.6 is 0 Å². The highest BCUT2D eigenvalue weighted by molar-refractivity contribution is 5.93. The molecule has 0 unspecified atom stereocenters. The van der Waals surface area contributed by atoms with Crippen molar-refractivity contribution >= 4 is 11.6 Å². The normalized spacial score (nSPS) is 16.5. The van der Waals surface area contributed by atoms with Gasteiger partial charge in [-0.25, -0.2) is 4.98 Å². The molecule has 1 amide bonds. The third-order valence-corrected chi connectivity index (χ3v) is 6.22. The van der Waals surface area contributed by atoms with Crippen molar-refractivity contribution in [3.63, 3.8) is 0 Å². The van der Waals surface area contributed by atoms with Gasteiger partial charge in [0.15, 0.2) is 0 Å². The van der Waals surface area contributed by atoms with Gasteiger partial charge >= 0.3 is 0 Å². The molecule has 0 N–H and O–H groups in total. The molecule has 0 saturated carbocycles. The molecule has 156 valence electrons. The van der Waals surface area contributed by atoms with Crippen molar-refractivity contribution in [3.05, 3.63) is 83.5 Å². The first-order chi connectivity index (χ1) is 14.6. The summed E-state index contributed by atoms with van der Waals surface area (Å²) in [7, 11) is 1.98. The van der Waals surface area contributed by atoms with Gasteiger partial charge < -0.3 is 9.47 Å². The van der Waals surface area contributed by atoms with Gasteiger partial charge in [0.2, 0.25) is 5.91 Å². The number of aromatic nitrogens is 2. The molecule has 1 atom stereocenters. The average Bonchev–Trinajstić information content (AvgIpc) is 2.99. The fourth-order valence-corrected chi connectivity index (χ4v) is 4.32. The minimum Gasteiger partial charge on any atom is -0.337 e. The molecular weight excluding hydrogens is 370 g/mol. The number of imidazole rings is 1. The summed E-state index contributed by atoms with van der Waals surface area (Å²) in [6, 6.07) is 6.56. The van der Waals surface area contributed by atoms with Crippen LogP contribution in [0.25, 0.3) is 0 Å². The van der Waals surface area contributed by atoms with E-state index in [-0.39, 0.29) is 11.8 Å². The Labute approximate surface area is 179 Å². The number of anilines is 1. The molecule has 1 aromatic heterocycles. The van der Waals surface area contributed by atoms with Crippen molar-refractivity contribution in [2.45, 2.75) is 52.0 Å². The zero-order chi connectivity index (χ0) is 20.9. The molecular formula is C26H31N3O. The minimum atomic E-state index is 0.142. The number of allylic oxidation sites excluding steroid dienone is 6. The number of aryl methyl sites for hydroxylation is 3. The molecule has 4 heteroatoms. The number of carbonyl (C=O) groups excluding carboxylic acids is 1. The summed E-state index contributed by atoms with van der Waals surface area (Å²) in [5, 5.41) is 0. The average molecular weight is 402 g/mol. The van der Waals surface area contributed by atoms with E-state index in [1.807, 2.05) is 22.7 Å². The van der Waals surface area contributed by atoms with E-state index in [4.69, 9.17) is 0 Å². The molecule has 2 aromatic rings. The van der Waals surface area contributed by atoms with Crippen LogP contribution in [0, 0.1) is 5.92 Å². The highest BCUT2D eigenvalue weighted by Crippen LogP contribution is 2.29. The maximum Gasteiger partial charge on any atom is 0.228 e. The van der Waals surface area contributed by atoms with Gasteiger partial charge in [-0.2, -0.15) is 0 Å². The molecule has 0 bridgehead atoms. The Bertz CT molecular complexity index is 995. The molecule has 2 aliphatic carbocycles. The fourth-order valence-electron chi connectivity index (χ4n) is 4.32. The van der Waals surface area contributed by atoms with Gasteiger partial charge in [0.25, 0.3) is 0 Å². The van der Waals surface area contributed by atoms with Crippen LogP contribution in [-0.2, 0) is 31.2 Å².